The molecule has 4 rings (SSSR count). The summed E-state index contributed by atoms with van der Waals surface area (Å²) < 4.78 is 45.0. The summed E-state index contributed by atoms with van der Waals surface area (Å²) in [4.78, 5) is 17.9. The average Bonchev–Trinajstić information content (AvgIpc) is 3.38. The van der Waals surface area contributed by atoms with Crippen LogP contribution in [0, 0.1) is 0 Å². The topological polar surface area (TPSA) is 112 Å². The number of hydrogen-bond acceptors (Lipinski definition) is 7. The number of halogens is 1. The van der Waals surface area contributed by atoms with Gasteiger partial charge in [-0.1, -0.05) is 11.6 Å². The Kier molecular flexibility index (Phi) is 9.43. The standard InChI is InChI=1S/C28H29ClN4O6S/c1-37-17-16-32(40(35,36)25-14-6-21(29)7-15-25)19-27(34)31-28-30-26(20-4-10-23(38-2)11-5-20)18-33(28)22-8-12-24(39-3)13-9-22/h4-15,18H,16-17,19H2,1-3H3,(H,30,31,34). The first-order valence-corrected chi connectivity index (χ1v) is 14.0. The highest BCUT2D eigenvalue weighted by molar-refractivity contribution is 7.89. The second-order valence-corrected chi connectivity index (χ2v) is 11.0. The van der Waals surface area contributed by atoms with Crippen molar-refractivity contribution in [3.05, 3.63) is 84.0 Å². The van der Waals surface area contributed by atoms with E-state index in [1.165, 1.54) is 31.4 Å². The fourth-order valence-corrected chi connectivity index (χ4v) is 5.37. The van der Waals surface area contributed by atoms with Crippen LogP contribution in [0.25, 0.3) is 16.9 Å². The number of methoxy groups -OCH3 is 3. The zero-order chi connectivity index (χ0) is 28.7. The summed E-state index contributed by atoms with van der Waals surface area (Å²) in [5.41, 5.74) is 2.11. The number of aromatic nitrogens is 2. The Morgan fingerprint density at radius 3 is 2.10 bits per heavy atom. The first-order chi connectivity index (χ1) is 19.2. The molecule has 0 aliphatic rings. The minimum absolute atomic E-state index is 0.0160. The van der Waals surface area contributed by atoms with Crippen LogP contribution in [0.2, 0.25) is 5.02 Å². The van der Waals surface area contributed by atoms with Crippen molar-refractivity contribution in [2.24, 2.45) is 0 Å². The Labute approximate surface area is 238 Å². The van der Waals surface area contributed by atoms with Crippen LogP contribution in [0.5, 0.6) is 11.5 Å². The molecule has 0 unspecified atom stereocenters. The largest absolute Gasteiger partial charge is 0.497 e. The molecule has 0 aliphatic heterocycles. The number of carbonyl (C=O) groups is 1. The molecule has 0 fully saturated rings. The molecule has 1 amide bonds. The highest BCUT2D eigenvalue weighted by Crippen LogP contribution is 2.27. The summed E-state index contributed by atoms with van der Waals surface area (Å²) in [6, 6.07) is 20.3. The summed E-state index contributed by atoms with van der Waals surface area (Å²) in [5.74, 6) is 1.02. The molecule has 0 saturated heterocycles. The maximum atomic E-state index is 13.3. The second kappa shape index (κ2) is 13.0. The Morgan fingerprint density at radius 1 is 0.925 bits per heavy atom. The van der Waals surface area contributed by atoms with Crippen LogP contribution in [0.3, 0.4) is 0 Å². The molecular weight excluding hydrogens is 556 g/mol. The van der Waals surface area contributed by atoms with E-state index < -0.39 is 22.5 Å². The minimum Gasteiger partial charge on any atom is -0.497 e. The lowest BCUT2D eigenvalue weighted by Gasteiger charge is -2.21. The summed E-state index contributed by atoms with van der Waals surface area (Å²) in [5, 5.41) is 3.18. The number of imidazole rings is 1. The third-order valence-electron chi connectivity index (χ3n) is 6.01. The van der Waals surface area contributed by atoms with Gasteiger partial charge in [0, 0.05) is 36.1 Å². The number of anilines is 1. The molecule has 0 bridgehead atoms. The lowest BCUT2D eigenvalue weighted by molar-refractivity contribution is -0.116. The lowest BCUT2D eigenvalue weighted by Crippen LogP contribution is -2.40. The number of sulfonamides is 1. The van der Waals surface area contributed by atoms with E-state index in [2.05, 4.69) is 10.3 Å². The molecule has 1 aromatic heterocycles. The van der Waals surface area contributed by atoms with E-state index in [-0.39, 0.29) is 24.0 Å². The van der Waals surface area contributed by atoms with Gasteiger partial charge >= 0.3 is 0 Å². The van der Waals surface area contributed by atoms with Crippen LogP contribution in [-0.4, -0.2) is 69.2 Å². The van der Waals surface area contributed by atoms with E-state index in [4.69, 9.17) is 25.8 Å². The molecule has 1 heterocycles. The van der Waals surface area contributed by atoms with Gasteiger partial charge in [0.15, 0.2) is 0 Å². The van der Waals surface area contributed by atoms with Crippen LogP contribution in [0.1, 0.15) is 0 Å². The number of nitrogens with one attached hydrogen (secondary N) is 1. The van der Waals surface area contributed by atoms with Crippen LogP contribution in [0.4, 0.5) is 5.95 Å². The second-order valence-electron chi connectivity index (χ2n) is 8.58. The number of carbonyl (C=O) groups excluding carboxylic acids is 1. The molecular formula is C28H29ClN4O6S. The van der Waals surface area contributed by atoms with Gasteiger partial charge in [-0.05, 0) is 72.8 Å². The number of nitrogens with zero attached hydrogens (tertiary/aromatic N) is 3. The molecule has 40 heavy (non-hydrogen) atoms. The maximum Gasteiger partial charge on any atom is 0.243 e. The SMILES string of the molecule is COCCN(CC(=O)Nc1nc(-c2ccc(OC)cc2)cn1-c1ccc(OC)cc1)S(=O)(=O)c1ccc(Cl)cc1. The molecule has 1 N–H and O–H groups in total. The van der Waals surface area contributed by atoms with Crippen molar-refractivity contribution in [2.45, 2.75) is 4.90 Å². The zero-order valence-electron chi connectivity index (χ0n) is 22.2. The van der Waals surface area contributed by atoms with E-state index in [1.807, 2.05) is 36.4 Å². The van der Waals surface area contributed by atoms with Crippen molar-refractivity contribution >= 4 is 33.5 Å². The fraction of sp³-hybridized carbons (Fsp3) is 0.214. The van der Waals surface area contributed by atoms with Crippen molar-refractivity contribution in [1.82, 2.24) is 13.9 Å². The van der Waals surface area contributed by atoms with Gasteiger partial charge in [-0.2, -0.15) is 4.31 Å². The van der Waals surface area contributed by atoms with Crippen LogP contribution in [0.15, 0.2) is 83.9 Å². The highest BCUT2D eigenvalue weighted by Gasteiger charge is 2.27. The van der Waals surface area contributed by atoms with Gasteiger partial charge in [0.25, 0.3) is 0 Å². The molecule has 0 aliphatic carbocycles. The van der Waals surface area contributed by atoms with Crippen molar-refractivity contribution in [3.63, 3.8) is 0 Å². The Hall–Kier alpha value is -3.90. The molecule has 12 heteroatoms. The molecule has 210 valence electrons. The Bertz CT molecular complexity index is 1540. The molecule has 0 atom stereocenters. The predicted molar refractivity (Wildman–Crippen MR) is 153 cm³/mol. The summed E-state index contributed by atoms with van der Waals surface area (Å²) in [6.07, 6.45) is 1.78. The number of benzene rings is 3. The third kappa shape index (κ3) is 6.80. The fourth-order valence-electron chi connectivity index (χ4n) is 3.87. The molecule has 0 saturated carbocycles. The van der Waals surface area contributed by atoms with E-state index in [9.17, 15) is 13.2 Å². The summed E-state index contributed by atoms with van der Waals surface area (Å²) >= 11 is 5.93. The molecule has 10 nitrogen and oxygen atoms in total. The predicted octanol–water partition coefficient (Wildman–Crippen LogP) is 4.49. The van der Waals surface area contributed by atoms with Gasteiger partial charge in [0.2, 0.25) is 21.9 Å². The first-order valence-electron chi connectivity index (χ1n) is 12.2. The highest BCUT2D eigenvalue weighted by atomic mass is 35.5. The van der Waals surface area contributed by atoms with Crippen molar-refractivity contribution in [2.75, 3.05) is 46.3 Å². The van der Waals surface area contributed by atoms with Crippen molar-refractivity contribution in [1.29, 1.82) is 0 Å². The molecule has 0 radical (unpaired) electrons. The van der Waals surface area contributed by atoms with Gasteiger partial charge in [-0.3, -0.25) is 14.7 Å². The average molecular weight is 585 g/mol. The number of hydrogen-bond donors (Lipinski definition) is 1. The first kappa shape index (κ1) is 29.1. The van der Waals surface area contributed by atoms with E-state index in [0.29, 0.717) is 27.9 Å². The normalized spacial score (nSPS) is 11.4. The van der Waals surface area contributed by atoms with Crippen molar-refractivity contribution < 1.29 is 27.4 Å². The maximum absolute atomic E-state index is 13.3. The quantitative estimate of drug-likeness (QED) is 0.261. The van der Waals surface area contributed by atoms with Gasteiger partial charge in [-0.15, -0.1) is 0 Å². The third-order valence-corrected chi connectivity index (χ3v) is 8.12. The Balaban J connectivity index is 1.64. The van der Waals surface area contributed by atoms with E-state index in [0.717, 1.165) is 9.87 Å². The van der Waals surface area contributed by atoms with Gasteiger partial charge in [-0.25, -0.2) is 13.4 Å². The smallest absolute Gasteiger partial charge is 0.243 e. The Morgan fingerprint density at radius 2 is 1.52 bits per heavy atom. The number of ether oxygens (including phenoxy) is 3. The molecule has 0 spiro atoms. The number of rotatable bonds is 12. The van der Waals surface area contributed by atoms with E-state index >= 15 is 0 Å². The van der Waals surface area contributed by atoms with Gasteiger partial charge in [0.1, 0.15) is 11.5 Å². The van der Waals surface area contributed by atoms with Crippen LogP contribution in [-0.2, 0) is 19.6 Å². The summed E-state index contributed by atoms with van der Waals surface area (Å²) in [7, 11) is 0.611. The lowest BCUT2D eigenvalue weighted by atomic mass is 10.1. The molecule has 3 aromatic carbocycles. The monoisotopic (exact) mass is 584 g/mol. The minimum atomic E-state index is -4.01. The number of amides is 1. The van der Waals surface area contributed by atoms with Crippen LogP contribution < -0.4 is 14.8 Å². The van der Waals surface area contributed by atoms with Crippen molar-refractivity contribution in [3.8, 4) is 28.4 Å². The summed E-state index contributed by atoms with van der Waals surface area (Å²) in [6.45, 7) is -0.386. The zero-order valence-corrected chi connectivity index (χ0v) is 23.8. The molecule has 4 aromatic rings. The van der Waals surface area contributed by atoms with Gasteiger partial charge < -0.3 is 14.2 Å². The van der Waals surface area contributed by atoms with E-state index in [1.54, 1.807) is 37.1 Å². The van der Waals surface area contributed by atoms with Crippen LogP contribution >= 0.6 is 11.6 Å². The van der Waals surface area contributed by atoms with Gasteiger partial charge in [0.05, 0.1) is 38.0 Å².